The molecule has 0 aromatic heterocycles. The summed E-state index contributed by atoms with van der Waals surface area (Å²) in [6.07, 6.45) is 8.58. The minimum Gasteiger partial charge on any atom is -0.458 e. The van der Waals surface area contributed by atoms with Crippen LogP contribution in [-0.4, -0.2) is 53.3 Å². The summed E-state index contributed by atoms with van der Waals surface area (Å²) >= 11 is 0. The highest BCUT2D eigenvalue weighted by Crippen LogP contribution is 2.91. The average molecular weight is 525 g/mol. The Labute approximate surface area is 224 Å². The maximum absolute atomic E-state index is 13.8. The molecule has 7 nitrogen and oxygen atoms in total. The topological polar surface area (TPSA) is 102 Å². The number of aliphatic hydroxyl groups excluding tert-OH is 1. The number of fused-ring (bicyclic) bond motifs is 2. The van der Waals surface area contributed by atoms with Crippen molar-refractivity contribution in [2.75, 3.05) is 6.61 Å². The van der Waals surface area contributed by atoms with Gasteiger partial charge in [0.1, 0.15) is 11.7 Å². The van der Waals surface area contributed by atoms with E-state index in [0.717, 1.165) is 37.7 Å². The van der Waals surface area contributed by atoms with E-state index in [1.807, 2.05) is 6.92 Å². The Morgan fingerprint density at radius 2 is 2.00 bits per heavy atom. The zero-order valence-electron chi connectivity index (χ0n) is 23.1. The monoisotopic (exact) mass is 524 g/mol. The fraction of sp³-hybridized carbons (Fsp3) is 0.774. The molecule has 7 aliphatic rings. The van der Waals surface area contributed by atoms with E-state index in [0.29, 0.717) is 29.7 Å². The molecule has 1 saturated heterocycles. The van der Waals surface area contributed by atoms with Crippen LogP contribution in [0.4, 0.5) is 0 Å². The molecule has 7 rings (SSSR count). The molecule has 12 atom stereocenters. The molecule has 38 heavy (non-hydrogen) atoms. The summed E-state index contributed by atoms with van der Waals surface area (Å²) < 4.78 is 18.2. The second kappa shape index (κ2) is 7.60. The lowest BCUT2D eigenvalue weighted by molar-refractivity contribution is -0.156. The van der Waals surface area contributed by atoms with Crippen molar-refractivity contribution in [1.82, 2.24) is 0 Å². The van der Waals surface area contributed by atoms with Crippen LogP contribution in [0.2, 0.25) is 0 Å². The van der Waals surface area contributed by atoms with Crippen molar-refractivity contribution in [3.8, 4) is 0 Å². The molecule has 206 valence electrons. The van der Waals surface area contributed by atoms with Crippen LogP contribution in [0.3, 0.4) is 0 Å². The molecule has 0 aromatic rings. The molecule has 3 spiro atoms. The number of cyclic esters (lactones) is 1. The fourth-order valence-electron chi connectivity index (χ4n) is 11.5. The number of ether oxygens (including phenoxy) is 3. The Hall–Kier alpha value is -1.99. The highest BCUT2D eigenvalue weighted by atomic mass is 16.7. The number of rotatable bonds is 4. The molecule has 0 bridgehead atoms. The molecule has 4 saturated carbocycles. The maximum atomic E-state index is 13.8. The molecule has 7 heteroatoms. The van der Waals surface area contributed by atoms with Crippen molar-refractivity contribution in [2.24, 2.45) is 45.8 Å². The van der Waals surface area contributed by atoms with Gasteiger partial charge >= 0.3 is 11.9 Å². The molecule has 0 amide bonds. The third kappa shape index (κ3) is 2.57. The largest absolute Gasteiger partial charge is 0.458 e. The number of esters is 2. The normalized spacial score (nSPS) is 52.6. The van der Waals surface area contributed by atoms with E-state index >= 15 is 0 Å². The van der Waals surface area contributed by atoms with E-state index in [-0.39, 0.29) is 59.2 Å². The lowest BCUT2D eigenvalue weighted by Gasteiger charge is -2.54. The van der Waals surface area contributed by atoms with Gasteiger partial charge in [-0.3, -0.25) is 9.59 Å². The van der Waals surface area contributed by atoms with E-state index < -0.39 is 17.1 Å². The van der Waals surface area contributed by atoms with Gasteiger partial charge in [-0.05, 0) is 91.6 Å². The first-order chi connectivity index (χ1) is 18.0. The minimum atomic E-state index is -0.690. The molecule has 6 unspecified atom stereocenters. The van der Waals surface area contributed by atoms with Gasteiger partial charge in [0.05, 0.1) is 23.7 Å². The molecule has 2 heterocycles. The first-order valence-electron chi connectivity index (χ1n) is 14.6. The summed E-state index contributed by atoms with van der Waals surface area (Å²) in [7, 11) is 0. The van der Waals surface area contributed by atoms with Crippen LogP contribution in [0.1, 0.15) is 73.1 Å². The summed E-state index contributed by atoms with van der Waals surface area (Å²) in [6.45, 7) is 10.0. The van der Waals surface area contributed by atoms with Crippen LogP contribution in [0.5, 0.6) is 0 Å². The van der Waals surface area contributed by atoms with E-state index in [1.165, 1.54) is 6.92 Å². The number of carbonyl (C=O) groups is 3. The number of hydrogen-bond acceptors (Lipinski definition) is 7. The van der Waals surface area contributed by atoms with Gasteiger partial charge in [-0.25, -0.2) is 4.79 Å². The van der Waals surface area contributed by atoms with E-state index in [4.69, 9.17) is 14.2 Å². The van der Waals surface area contributed by atoms with Gasteiger partial charge in [0, 0.05) is 13.3 Å². The number of aliphatic hydroxyl groups is 1. The van der Waals surface area contributed by atoms with Gasteiger partial charge in [0.15, 0.2) is 11.9 Å². The lowest BCUT2D eigenvalue weighted by atomic mass is 9.49. The van der Waals surface area contributed by atoms with Gasteiger partial charge in [0.2, 0.25) is 0 Å². The number of epoxide rings is 1. The van der Waals surface area contributed by atoms with Crippen molar-refractivity contribution in [2.45, 2.75) is 97.1 Å². The Kier molecular flexibility index (Phi) is 5.00. The number of ketones is 1. The average Bonchev–Trinajstić information content (AvgIpc) is 3.67. The van der Waals surface area contributed by atoms with Gasteiger partial charge in [-0.2, -0.15) is 0 Å². The highest BCUT2D eigenvalue weighted by Gasteiger charge is 2.97. The number of hydrogen-bond donors (Lipinski definition) is 1. The van der Waals surface area contributed by atoms with Crippen molar-refractivity contribution in [3.63, 3.8) is 0 Å². The summed E-state index contributed by atoms with van der Waals surface area (Å²) in [5, 5.41) is 9.59. The number of carbonyl (C=O) groups excluding carboxylic acids is 3. The van der Waals surface area contributed by atoms with Gasteiger partial charge in [-0.15, -0.1) is 0 Å². The van der Waals surface area contributed by atoms with E-state index in [2.05, 4.69) is 20.8 Å². The van der Waals surface area contributed by atoms with Crippen molar-refractivity contribution < 1.29 is 33.7 Å². The van der Waals surface area contributed by atoms with Crippen LogP contribution in [0, 0.1) is 45.8 Å². The van der Waals surface area contributed by atoms with Crippen LogP contribution < -0.4 is 0 Å². The van der Waals surface area contributed by atoms with Crippen LogP contribution in [0.15, 0.2) is 23.3 Å². The Morgan fingerprint density at radius 3 is 2.68 bits per heavy atom. The SMILES string of the molecule is CC(=O)O[C@@H]1C=CC(=O)[C@]23C(C)C24CC[C@@]2(C)C(CCC2[C@H](C)C2CC(C)=C(CO)C(=O)O2)C4C[C@H]2O[C@]123. The standard InChI is InChI=1S/C31H40O7/c1-15-12-23(37-27(35)19(15)14-32)16(2)20-6-7-21-22-13-26-31(38-26)25(36-18(4)33)9-8-24(34)30(31)17(3)29(22,30)11-10-28(20,21)5/h8-9,16-17,20-23,25-26,32H,6-7,10-14H2,1-5H3/t16-,17?,20?,21?,22?,23?,25+,26+,28+,29?,30+,31+/m0/s1. The van der Waals surface area contributed by atoms with E-state index in [9.17, 15) is 19.5 Å². The van der Waals surface area contributed by atoms with Crippen molar-refractivity contribution in [1.29, 1.82) is 0 Å². The molecular weight excluding hydrogens is 484 g/mol. The van der Waals surface area contributed by atoms with Gasteiger partial charge in [-0.1, -0.05) is 26.3 Å². The highest BCUT2D eigenvalue weighted by molar-refractivity contribution is 6.02. The first kappa shape index (κ1) is 25.0. The summed E-state index contributed by atoms with van der Waals surface area (Å²) in [4.78, 5) is 38.3. The zero-order valence-corrected chi connectivity index (χ0v) is 23.1. The first-order valence-corrected chi connectivity index (χ1v) is 14.6. The molecule has 2 aliphatic heterocycles. The fourth-order valence-corrected chi connectivity index (χ4v) is 11.5. The summed E-state index contributed by atoms with van der Waals surface area (Å²) in [5.74, 6) is 1.21. The zero-order chi connectivity index (χ0) is 27.0. The Balaban J connectivity index is 1.19. The number of allylic oxidation sites excluding steroid dienone is 1. The maximum Gasteiger partial charge on any atom is 0.336 e. The summed E-state index contributed by atoms with van der Waals surface area (Å²) in [6, 6.07) is 0. The minimum absolute atomic E-state index is 0.0494. The smallest absolute Gasteiger partial charge is 0.336 e. The lowest BCUT2D eigenvalue weighted by Crippen LogP contribution is -2.58. The van der Waals surface area contributed by atoms with Gasteiger partial charge in [0.25, 0.3) is 0 Å². The second-order valence-corrected chi connectivity index (χ2v) is 13.8. The predicted octanol–water partition coefficient (Wildman–Crippen LogP) is 3.92. The predicted molar refractivity (Wildman–Crippen MR) is 136 cm³/mol. The van der Waals surface area contributed by atoms with Gasteiger partial charge < -0.3 is 19.3 Å². The summed E-state index contributed by atoms with van der Waals surface area (Å²) in [5.41, 5.74) is 0.0776. The van der Waals surface area contributed by atoms with Crippen molar-refractivity contribution in [3.05, 3.63) is 23.3 Å². The molecular formula is C31H40O7. The molecule has 0 radical (unpaired) electrons. The van der Waals surface area contributed by atoms with E-state index in [1.54, 1.807) is 12.2 Å². The second-order valence-electron chi connectivity index (χ2n) is 13.8. The third-order valence-electron chi connectivity index (χ3n) is 13.1. The molecule has 5 fully saturated rings. The van der Waals surface area contributed by atoms with Crippen LogP contribution in [0.25, 0.3) is 0 Å². The molecule has 5 aliphatic carbocycles. The van der Waals surface area contributed by atoms with Crippen LogP contribution in [-0.2, 0) is 28.6 Å². The quantitative estimate of drug-likeness (QED) is 0.439. The Bertz CT molecular complexity index is 1200. The third-order valence-corrected chi connectivity index (χ3v) is 13.1. The molecule has 1 N–H and O–H groups in total. The Morgan fingerprint density at radius 1 is 1.24 bits per heavy atom. The van der Waals surface area contributed by atoms with Crippen molar-refractivity contribution >= 4 is 17.7 Å². The molecule has 0 aromatic carbocycles. The van der Waals surface area contributed by atoms with Crippen LogP contribution >= 0.6 is 0 Å².